The van der Waals surface area contributed by atoms with Gasteiger partial charge in [0.2, 0.25) is 5.91 Å². The van der Waals surface area contributed by atoms with Crippen molar-refractivity contribution >= 4 is 51.7 Å². The lowest BCUT2D eigenvalue weighted by Gasteiger charge is -2.13. The number of carbonyl (C=O) groups excluding carboxylic acids is 2. The second-order valence-corrected chi connectivity index (χ2v) is 6.47. The van der Waals surface area contributed by atoms with E-state index in [9.17, 15) is 9.59 Å². The highest BCUT2D eigenvalue weighted by Gasteiger charge is 2.14. The van der Waals surface area contributed by atoms with Crippen molar-refractivity contribution in [2.24, 2.45) is 0 Å². The van der Waals surface area contributed by atoms with Gasteiger partial charge in [-0.05, 0) is 34.7 Å². The zero-order valence-electron chi connectivity index (χ0n) is 13.6. The van der Waals surface area contributed by atoms with Gasteiger partial charge in [-0.3, -0.25) is 9.59 Å². The molecule has 132 valence electrons. The quantitative estimate of drug-likeness (QED) is 0.630. The molecule has 0 spiro atoms. The van der Waals surface area contributed by atoms with Crippen LogP contribution < -0.4 is 20.1 Å². The van der Waals surface area contributed by atoms with Gasteiger partial charge in [-0.25, -0.2) is 0 Å². The standard InChI is InChI=1S/C17H16ClIN2O4/c1-24-14-8-13(15(25-2)7-11(14)18)21-16(22)9-20-17(23)10-5-3-4-6-12(10)19/h3-8H,9H2,1-2H3,(H,20,23)(H,21,22). The van der Waals surface area contributed by atoms with Crippen molar-refractivity contribution in [3.05, 3.63) is 50.6 Å². The maximum Gasteiger partial charge on any atom is 0.252 e. The van der Waals surface area contributed by atoms with Crippen molar-refractivity contribution in [3.8, 4) is 11.5 Å². The van der Waals surface area contributed by atoms with E-state index in [1.807, 2.05) is 12.1 Å². The van der Waals surface area contributed by atoms with Crippen LogP contribution in [-0.2, 0) is 4.79 Å². The molecule has 6 nitrogen and oxygen atoms in total. The first-order chi connectivity index (χ1) is 12.0. The van der Waals surface area contributed by atoms with Gasteiger partial charge in [0, 0.05) is 15.7 Å². The molecule has 2 rings (SSSR count). The molecule has 0 saturated heterocycles. The monoisotopic (exact) mass is 474 g/mol. The third kappa shape index (κ3) is 4.99. The highest BCUT2D eigenvalue weighted by atomic mass is 127. The minimum atomic E-state index is -0.401. The number of benzene rings is 2. The van der Waals surface area contributed by atoms with Gasteiger partial charge in [0.05, 0.1) is 37.0 Å². The third-order valence-corrected chi connectivity index (χ3v) is 4.51. The minimum absolute atomic E-state index is 0.183. The Bertz CT molecular complexity index is 798. The van der Waals surface area contributed by atoms with Gasteiger partial charge >= 0.3 is 0 Å². The number of halogens is 2. The van der Waals surface area contributed by atoms with E-state index in [0.717, 1.165) is 3.57 Å². The van der Waals surface area contributed by atoms with Gasteiger partial charge in [0.15, 0.2) is 0 Å². The fourth-order valence-corrected chi connectivity index (χ4v) is 2.92. The van der Waals surface area contributed by atoms with Crippen molar-refractivity contribution in [1.82, 2.24) is 5.32 Å². The maximum atomic E-state index is 12.1. The summed E-state index contributed by atoms with van der Waals surface area (Å²) >= 11 is 8.09. The zero-order valence-corrected chi connectivity index (χ0v) is 16.5. The molecule has 0 saturated carbocycles. The molecule has 0 atom stereocenters. The Morgan fingerprint density at radius 2 is 1.80 bits per heavy atom. The predicted molar refractivity (Wildman–Crippen MR) is 105 cm³/mol. The fraction of sp³-hybridized carbons (Fsp3) is 0.176. The first kappa shape index (κ1) is 19.3. The maximum absolute atomic E-state index is 12.1. The van der Waals surface area contributed by atoms with E-state index in [0.29, 0.717) is 27.8 Å². The molecular weight excluding hydrogens is 459 g/mol. The van der Waals surface area contributed by atoms with E-state index in [2.05, 4.69) is 33.2 Å². The number of ether oxygens (including phenoxy) is 2. The molecule has 0 heterocycles. The smallest absolute Gasteiger partial charge is 0.252 e. The molecule has 2 N–H and O–H groups in total. The van der Waals surface area contributed by atoms with Crippen LogP contribution in [0.3, 0.4) is 0 Å². The van der Waals surface area contributed by atoms with Crippen molar-refractivity contribution in [2.45, 2.75) is 0 Å². The van der Waals surface area contributed by atoms with Crippen LogP contribution in [-0.4, -0.2) is 32.6 Å². The molecule has 2 aromatic rings. The minimum Gasteiger partial charge on any atom is -0.495 e. The van der Waals surface area contributed by atoms with Gasteiger partial charge in [-0.15, -0.1) is 0 Å². The van der Waals surface area contributed by atoms with Crippen molar-refractivity contribution < 1.29 is 19.1 Å². The number of methoxy groups -OCH3 is 2. The Hall–Kier alpha value is -2.00. The van der Waals surface area contributed by atoms with Crippen molar-refractivity contribution in [1.29, 1.82) is 0 Å². The number of rotatable bonds is 6. The van der Waals surface area contributed by atoms with Crippen LogP contribution in [0.4, 0.5) is 5.69 Å². The number of nitrogens with one attached hydrogen (secondary N) is 2. The predicted octanol–water partition coefficient (Wildman–Crippen LogP) is 3.33. The summed E-state index contributed by atoms with van der Waals surface area (Å²) < 4.78 is 11.1. The summed E-state index contributed by atoms with van der Waals surface area (Å²) in [5, 5.41) is 5.61. The van der Waals surface area contributed by atoms with Gasteiger partial charge < -0.3 is 20.1 Å². The molecule has 0 aliphatic rings. The SMILES string of the molecule is COc1cc(NC(=O)CNC(=O)c2ccccc2I)c(OC)cc1Cl. The molecule has 2 amide bonds. The van der Waals surface area contributed by atoms with Gasteiger partial charge in [-0.2, -0.15) is 0 Å². The summed E-state index contributed by atoms with van der Waals surface area (Å²) in [6.07, 6.45) is 0. The van der Waals surface area contributed by atoms with Crippen LogP contribution in [0.1, 0.15) is 10.4 Å². The molecule has 0 unspecified atom stereocenters. The van der Waals surface area contributed by atoms with Crippen molar-refractivity contribution in [2.75, 3.05) is 26.1 Å². The van der Waals surface area contributed by atoms with E-state index < -0.39 is 5.91 Å². The summed E-state index contributed by atoms with van der Waals surface area (Å²) in [5.74, 6) is 0.0755. The van der Waals surface area contributed by atoms with Gasteiger partial charge in [0.25, 0.3) is 5.91 Å². The molecule has 2 aromatic carbocycles. The second-order valence-electron chi connectivity index (χ2n) is 4.90. The topological polar surface area (TPSA) is 76.7 Å². The number of amides is 2. The number of hydrogen-bond donors (Lipinski definition) is 2. The Balaban J connectivity index is 2.03. The van der Waals surface area contributed by atoms with E-state index in [4.69, 9.17) is 21.1 Å². The van der Waals surface area contributed by atoms with Crippen molar-refractivity contribution in [3.63, 3.8) is 0 Å². The molecule has 0 bridgehead atoms. The van der Waals surface area contributed by atoms with E-state index >= 15 is 0 Å². The van der Waals surface area contributed by atoms with Crippen LogP contribution in [0.2, 0.25) is 5.02 Å². The Kier molecular flexibility index (Phi) is 6.89. The molecule has 0 aromatic heterocycles. The van der Waals surface area contributed by atoms with E-state index in [-0.39, 0.29) is 12.5 Å². The first-order valence-electron chi connectivity index (χ1n) is 7.20. The molecular formula is C17H16ClIN2O4. The second kappa shape index (κ2) is 8.91. The number of carbonyl (C=O) groups is 2. The van der Waals surface area contributed by atoms with Crippen LogP contribution in [0.5, 0.6) is 11.5 Å². The molecule has 0 fully saturated rings. The Morgan fingerprint density at radius 3 is 2.44 bits per heavy atom. The summed E-state index contributed by atoms with van der Waals surface area (Å²) in [7, 11) is 2.94. The summed E-state index contributed by atoms with van der Waals surface area (Å²) in [6, 6.07) is 10.2. The lowest BCUT2D eigenvalue weighted by atomic mass is 10.2. The lowest BCUT2D eigenvalue weighted by molar-refractivity contribution is -0.115. The molecule has 0 aliphatic heterocycles. The molecule has 8 heteroatoms. The average Bonchev–Trinajstić information content (AvgIpc) is 2.61. The van der Waals surface area contributed by atoms with E-state index in [1.54, 1.807) is 24.3 Å². The fourth-order valence-electron chi connectivity index (χ4n) is 2.05. The van der Waals surface area contributed by atoms with E-state index in [1.165, 1.54) is 14.2 Å². The number of anilines is 1. The van der Waals surface area contributed by atoms with Gasteiger partial charge in [-0.1, -0.05) is 23.7 Å². The normalized spacial score (nSPS) is 10.1. The first-order valence-corrected chi connectivity index (χ1v) is 8.66. The zero-order chi connectivity index (χ0) is 18.4. The highest BCUT2D eigenvalue weighted by molar-refractivity contribution is 14.1. The molecule has 25 heavy (non-hydrogen) atoms. The molecule has 0 aliphatic carbocycles. The average molecular weight is 475 g/mol. The molecule has 0 radical (unpaired) electrons. The van der Waals surface area contributed by atoms with Crippen LogP contribution in [0, 0.1) is 3.57 Å². The highest BCUT2D eigenvalue weighted by Crippen LogP contribution is 2.35. The van der Waals surface area contributed by atoms with Crippen LogP contribution in [0.25, 0.3) is 0 Å². The van der Waals surface area contributed by atoms with Crippen LogP contribution >= 0.6 is 34.2 Å². The lowest BCUT2D eigenvalue weighted by Crippen LogP contribution is -2.33. The summed E-state index contributed by atoms with van der Waals surface area (Å²) in [4.78, 5) is 24.3. The number of hydrogen-bond acceptors (Lipinski definition) is 4. The Labute approximate surface area is 164 Å². The summed E-state index contributed by atoms with van der Waals surface area (Å²) in [6.45, 7) is -0.183. The van der Waals surface area contributed by atoms with Crippen LogP contribution in [0.15, 0.2) is 36.4 Å². The largest absolute Gasteiger partial charge is 0.495 e. The Morgan fingerprint density at radius 1 is 1.12 bits per heavy atom. The van der Waals surface area contributed by atoms with Gasteiger partial charge in [0.1, 0.15) is 11.5 Å². The third-order valence-electron chi connectivity index (χ3n) is 3.28. The summed E-state index contributed by atoms with van der Waals surface area (Å²) in [5.41, 5.74) is 0.916.